The van der Waals surface area contributed by atoms with Gasteiger partial charge in [0.15, 0.2) is 0 Å². The lowest BCUT2D eigenvalue weighted by atomic mass is 10.2. The Morgan fingerprint density at radius 3 is 2.20 bits per heavy atom. The Hall–Kier alpha value is -2.79. The van der Waals surface area contributed by atoms with E-state index >= 15 is 0 Å². The Kier molecular flexibility index (Phi) is 5.05. The maximum Gasteiger partial charge on any atom is 0.262 e. The molecule has 128 valence electrons. The molecule has 3 aromatic rings. The molecule has 0 atom stereocenters. The quantitative estimate of drug-likeness (QED) is 0.716. The number of para-hydroxylation sites is 2. The fourth-order valence-corrected chi connectivity index (χ4v) is 3.40. The number of anilines is 1. The van der Waals surface area contributed by atoms with Gasteiger partial charge in [-0.15, -0.1) is 0 Å². The third-order valence-electron chi connectivity index (χ3n) is 3.70. The lowest BCUT2D eigenvalue weighted by molar-refractivity contribution is 0.308. The van der Waals surface area contributed by atoms with E-state index in [4.69, 9.17) is 4.74 Å². The summed E-state index contributed by atoms with van der Waals surface area (Å²) in [7, 11) is -3.67. The van der Waals surface area contributed by atoms with E-state index in [1.807, 2.05) is 43.3 Å². The Balaban J connectivity index is 1.79. The van der Waals surface area contributed by atoms with Gasteiger partial charge in [0.25, 0.3) is 10.0 Å². The van der Waals surface area contributed by atoms with Crippen LogP contribution >= 0.6 is 0 Å². The Bertz CT molecular complexity index is 936. The van der Waals surface area contributed by atoms with E-state index in [-0.39, 0.29) is 4.90 Å². The second kappa shape index (κ2) is 7.40. The third-order valence-corrected chi connectivity index (χ3v) is 5.08. The Labute approximate surface area is 148 Å². The van der Waals surface area contributed by atoms with Crippen LogP contribution in [0.1, 0.15) is 11.1 Å². The predicted molar refractivity (Wildman–Crippen MR) is 99.2 cm³/mol. The van der Waals surface area contributed by atoms with Crippen molar-refractivity contribution >= 4 is 15.7 Å². The average molecular weight is 353 g/mol. The highest BCUT2D eigenvalue weighted by atomic mass is 32.2. The average Bonchev–Trinajstić information content (AvgIpc) is 2.62. The van der Waals surface area contributed by atoms with Gasteiger partial charge in [-0.2, -0.15) is 0 Å². The molecule has 0 heterocycles. The van der Waals surface area contributed by atoms with Crippen LogP contribution in [0.25, 0.3) is 0 Å². The molecule has 0 aromatic heterocycles. The first-order valence-corrected chi connectivity index (χ1v) is 9.38. The van der Waals surface area contributed by atoms with Crippen LogP contribution in [0, 0.1) is 6.92 Å². The van der Waals surface area contributed by atoms with Crippen LogP contribution in [0.4, 0.5) is 5.69 Å². The van der Waals surface area contributed by atoms with Gasteiger partial charge in [0, 0.05) is 0 Å². The van der Waals surface area contributed by atoms with Crippen molar-refractivity contribution in [2.45, 2.75) is 18.4 Å². The minimum atomic E-state index is -3.67. The van der Waals surface area contributed by atoms with Gasteiger partial charge in [-0.25, -0.2) is 8.42 Å². The number of nitrogens with one attached hydrogen (secondary N) is 1. The highest BCUT2D eigenvalue weighted by Gasteiger charge is 2.16. The zero-order chi connectivity index (χ0) is 17.7. The smallest absolute Gasteiger partial charge is 0.262 e. The van der Waals surface area contributed by atoms with Gasteiger partial charge in [-0.05, 0) is 36.8 Å². The molecule has 0 aliphatic heterocycles. The molecule has 0 unspecified atom stereocenters. The first-order valence-electron chi connectivity index (χ1n) is 7.90. The molecule has 0 radical (unpaired) electrons. The van der Waals surface area contributed by atoms with Crippen LogP contribution in [0.15, 0.2) is 83.8 Å². The summed E-state index contributed by atoms with van der Waals surface area (Å²) in [5.74, 6) is 0.488. The number of hydrogen-bond acceptors (Lipinski definition) is 3. The third kappa shape index (κ3) is 4.39. The van der Waals surface area contributed by atoms with Crippen molar-refractivity contribution in [1.29, 1.82) is 0 Å². The van der Waals surface area contributed by atoms with Crippen LogP contribution in [0.2, 0.25) is 0 Å². The summed E-state index contributed by atoms with van der Waals surface area (Å²) < 4.78 is 33.5. The SMILES string of the molecule is Cc1ccc(S(=O)(=O)Nc2ccccc2OCc2ccccc2)cc1. The molecule has 5 heteroatoms. The maximum atomic E-state index is 12.6. The van der Waals surface area contributed by atoms with Crippen molar-refractivity contribution in [1.82, 2.24) is 0 Å². The van der Waals surface area contributed by atoms with Gasteiger partial charge in [-0.3, -0.25) is 4.72 Å². The molecule has 0 saturated heterocycles. The number of ether oxygens (including phenoxy) is 1. The summed E-state index contributed by atoms with van der Waals surface area (Å²) in [6.45, 7) is 2.28. The number of hydrogen-bond donors (Lipinski definition) is 1. The van der Waals surface area contributed by atoms with Gasteiger partial charge in [0.05, 0.1) is 10.6 Å². The van der Waals surface area contributed by atoms with Gasteiger partial charge in [0.1, 0.15) is 12.4 Å². The molecule has 0 amide bonds. The first-order chi connectivity index (χ1) is 12.0. The number of rotatable bonds is 6. The normalized spacial score (nSPS) is 11.1. The second-order valence-corrected chi connectivity index (χ2v) is 7.37. The highest BCUT2D eigenvalue weighted by Crippen LogP contribution is 2.27. The van der Waals surface area contributed by atoms with E-state index in [2.05, 4.69) is 4.72 Å². The standard InChI is InChI=1S/C20H19NO3S/c1-16-11-13-18(14-12-16)25(22,23)21-19-9-5-6-10-20(19)24-15-17-7-3-2-4-8-17/h2-14,21H,15H2,1H3. The molecule has 0 spiro atoms. The van der Waals surface area contributed by atoms with Crippen molar-refractivity contribution in [3.05, 3.63) is 90.0 Å². The zero-order valence-electron chi connectivity index (χ0n) is 13.8. The van der Waals surface area contributed by atoms with Crippen LogP contribution in [-0.4, -0.2) is 8.42 Å². The summed E-state index contributed by atoms with van der Waals surface area (Å²) in [5.41, 5.74) is 2.43. The van der Waals surface area contributed by atoms with E-state index in [0.29, 0.717) is 18.0 Å². The van der Waals surface area contributed by atoms with E-state index in [0.717, 1.165) is 11.1 Å². The molecule has 0 fully saturated rings. The molecule has 0 aliphatic rings. The van der Waals surface area contributed by atoms with Gasteiger partial charge in [0.2, 0.25) is 0 Å². The molecule has 1 N–H and O–H groups in total. The van der Waals surface area contributed by atoms with E-state index < -0.39 is 10.0 Å². The fraction of sp³-hybridized carbons (Fsp3) is 0.100. The van der Waals surface area contributed by atoms with Crippen molar-refractivity contribution in [3.8, 4) is 5.75 Å². The predicted octanol–water partition coefficient (Wildman–Crippen LogP) is 4.37. The molecule has 3 aromatic carbocycles. The van der Waals surface area contributed by atoms with Gasteiger partial charge < -0.3 is 4.74 Å². The first kappa shape index (κ1) is 17.0. The van der Waals surface area contributed by atoms with E-state index in [1.165, 1.54) is 0 Å². The summed E-state index contributed by atoms with van der Waals surface area (Å²) in [6, 6.07) is 23.4. The Morgan fingerprint density at radius 2 is 1.48 bits per heavy atom. The molecule has 0 aliphatic carbocycles. The number of sulfonamides is 1. The molecular formula is C20H19NO3S. The largest absolute Gasteiger partial charge is 0.487 e. The van der Waals surface area contributed by atoms with Crippen molar-refractivity contribution in [2.24, 2.45) is 0 Å². The summed E-state index contributed by atoms with van der Waals surface area (Å²) in [6.07, 6.45) is 0. The summed E-state index contributed by atoms with van der Waals surface area (Å²) in [4.78, 5) is 0.218. The lowest BCUT2D eigenvalue weighted by Crippen LogP contribution is -2.13. The summed E-state index contributed by atoms with van der Waals surface area (Å²) in [5, 5.41) is 0. The molecule has 4 nitrogen and oxygen atoms in total. The van der Waals surface area contributed by atoms with Crippen LogP contribution in [-0.2, 0) is 16.6 Å². The molecule has 0 bridgehead atoms. The lowest BCUT2D eigenvalue weighted by Gasteiger charge is -2.14. The fourth-order valence-electron chi connectivity index (χ4n) is 2.33. The van der Waals surface area contributed by atoms with E-state index in [9.17, 15) is 8.42 Å². The zero-order valence-corrected chi connectivity index (χ0v) is 14.7. The topological polar surface area (TPSA) is 55.4 Å². The van der Waals surface area contributed by atoms with Gasteiger partial charge >= 0.3 is 0 Å². The van der Waals surface area contributed by atoms with E-state index in [1.54, 1.807) is 42.5 Å². The number of benzene rings is 3. The molecule has 25 heavy (non-hydrogen) atoms. The monoisotopic (exact) mass is 353 g/mol. The van der Waals surface area contributed by atoms with Crippen molar-refractivity contribution in [2.75, 3.05) is 4.72 Å². The minimum Gasteiger partial charge on any atom is -0.487 e. The highest BCUT2D eigenvalue weighted by molar-refractivity contribution is 7.92. The Morgan fingerprint density at radius 1 is 0.840 bits per heavy atom. The van der Waals surface area contributed by atoms with Crippen LogP contribution < -0.4 is 9.46 Å². The van der Waals surface area contributed by atoms with Crippen molar-refractivity contribution in [3.63, 3.8) is 0 Å². The number of aryl methyl sites for hydroxylation is 1. The molecule has 3 rings (SSSR count). The maximum absolute atomic E-state index is 12.6. The second-order valence-electron chi connectivity index (χ2n) is 5.69. The summed E-state index contributed by atoms with van der Waals surface area (Å²) >= 11 is 0. The van der Waals surface area contributed by atoms with Crippen molar-refractivity contribution < 1.29 is 13.2 Å². The molecule has 0 saturated carbocycles. The van der Waals surface area contributed by atoms with Gasteiger partial charge in [-0.1, -0.05) is 60.2 Å². The van der Waals surface area contributed by atoms with Crippen LogP contribution in [0.3, 0.4) is 0 Å². The van der Waals surface area contributed by atoms with Crippen LogP contribution in [0.5, 0.6) is 5.75 Å². The minimum absolute atomic E-state index is 0.218. The molecular weight excluding hydrogens is 334 g/mol.